The minimum absolute atomic E-state index is 0.00444. The molecule has 0 fully saturated rings. The molecule has 0 saturated carbocycles. The van der Waals surface area contributed by atoms with E-state index in [0.29, 0.717) is 16.5 Å². The van der Waals surface area contributed by atoms with Crippen LogP contribution in [-0.2, 0) is 4.79 Å². The summed E-state index contributed by atoms with van der Waals surface area (Å²) in [6.45, 7) is 0.00444. The van der Waals surface area contributed by atoms with E-state index in [2.05, 4.69) is 0 Å². The van der Waals surface area contributed by atoms with Gasteiger partial charge in [-0.15, -0.1) is 0 Å². The van der Waals surface area contributed by atoms with Gasteiger partial charge in [0.25, 0.3) is 0 Å². The van der Waals surface area contributed by atoms with Gasteiger partial charge in [-0.25, -0.2) is 0 Å². The van der Waals surface area contributed by atoms with E-state index < -0.39 is 11.9 Å². The molecule has 94 valence electrons. The number of furan rings is 1. The number of carboxylic acid groups (broad SMARTS) is 1. The molecule has 1 N–H and O–H groups in total. The number of carboxylic acids is 1. The average Bonchev–Trinajstić information content (AvgIpc) is 2.85. The van der Waals surface area contributed by atoms with Crippen molar-refractivity contribution >= 4 is 17.6 Å². The Kier molecular flexibility index (Phi) is 3.89. The van der Waals surface area contributed by atoms with Crippen molar-refractivity contribution in [3.05, 3.63) is 53.4 Å². The van der Waals surface area contributed by atoms with Gasteiger partial charge in [0.05, 0.1) is 6.26 Å². The highest BCUT2D eigenvalue weighted by atomic mass is 35.5. The molecule has 0 spiro atoms. The molecule has 1 atom stereocenters. The van der Waals surface area contributed by atoms with Crippen LogP contribution >= 0.6 is 11.6 Å². The Labute approximate surface area is 109 Å². The van der Waals surface area contributed by atoms with Gasteiger partial charge in [-0.2, -0.15) is 0 Å². The third-order valence-corrected chi connectivity index (χ3v) is 2.67. The van der Waals surface area contributed by atoms with E-state index in [0.717, 1.165) is 0 Å². The van der Waals surface area contributed by atoms with E-state index in [4.69, 9.17) is 25.9 Å². The molecule has 1 aromatic heterocycles. The second kappa shape index (κ2) is 5.60. The van der Waals surface area contributed by atoms with Gasteiger partial charge in [0, 0.05) is 5.02 Å². The Balaban J connectivity index is 2.02. The molecular formula is C13H11ClO4. The number of rotatable bonds is 5. The van der Waals surface area contributed by atoms with Gasteiger partial charge >= 0.3 is 5.97 Å². The fourth-order valence-electron chi connectivity index (χ4n) is 1.48. The zero-order valence-electron chi connectivity index (χ0n) is 9.38. The molecule has 5 heteroatoms. The average molecular weight is 267 g/mol. The predicted octanol–water partition coefficient (Wildman–Crippen LogP) is 3.18. The van der Waals surface area contributed by atoms with Crippen molar-refractivity contribution in [3.8, 4) is 5.75 Å². The van der Waals surface area contributed by atoms with Gasteiger partial charge in [-0.05, 0) is 36.4 Å². The summed E-state index contributed by atoms with van der Waals surface area (Å²) >= 11 is 5.74. The molecule has 0 aliphatic heterocycles. The van der Waals surface area contributed by atoms with E-state index in [9.17, 15) is 4.79 Å². The van der Waals surface area contributed by atoms with Gasteiger partial charge < -0.3 is 14.3 Å². The van der Waals surface area contributed by atoms with E-state index in [-0.39, 0.29) is 6.61 Å². The maximum absolute atomic E-state index is 11.1. The Bertz CT molecular complexity index is 504. The van der Waals surface area contributed by atoms with Crippen LogP contribution in [-0.4, -0.2) is 17.7 Å². The van der Waals surface area contributed by atoms with Gasteiger partial charge in [0.1, 0.15) is 24.0 Å². The first-order valence-electron chi connectivity index (χ1n) is 5.31. The largest absolute Gasteiger partial charge is 0.492 e. The quantitative estimate of drug-likeness (QED) is 0.903. The van der Waals surface area contributed by atoms with E-state index in [1.54, 1.807) is 36.4 Å². The van der Waals surface area contributed by atoms with Crippen LogP contribution in [0.2, 0.25) is 5.02 Å². The number of halogens is 1. The second-order valence-electron chi connectivity index (χ2n) is 3.67. The van der Waals surface area contributed by atoms with Crippen molar-refractivity contribution in [3.63, 3.8) is 0 Å². The van der Waals surface area contributed by atoms with E-state index in [1.165, 1.54) is 6.26 Å². The van der Waals surface area contributed by atoms with Crippen molar-refractivity contribution < 1.29 is 19.1 Å². The van der Waals surface area contributed by atoms with Crippen LogP contribution in [0.25, 0.3) is 0 Å². The van der Waals surface area contributed by atoms with Gasteiger partial charge in [-0.1, -0.05) is 11.6 Å². The molecule has 4 nitrogen and oxygen atoms in total. The number of ether oxygens (including phenoxy) is 1. The normalized spacial score (nSPS) is 12.1. The molecule has 2 aromatic rings. The highest BCUT2D eigenvalue weighted by Gasteiger charge is 2.23. The lowest BCUT2D eigenvalue weighted by atomic mass is 10.1. The maximum Gasteiger partial charge on any atom is 0.317 e. The number of benzene rings is 1. The maximum atomic E-state index is 11.1. The van der Waals surface area contributed by atoms with E-state index >= 15 is 0 Å². The van der Waals surface area contributed by atoms with Gasteiger partial charge in [0.2, 0.25) is 0 Å². The van der Waals surface area contributed by atoms with Gasteiger partial charge in [0.15, 0.2) is 0 Å². The van der Waals surface area contributed by atoms with Crippen LogP contribution < -0.4 is 4.74 Å². The highest BCUT2D eigenvalue weighted by Crippen LogP contribution is 2.20. The second-order valence-corrected chi connectivity index (χ2v) is 4.11. The predicted molar refractivity (Wildman–Crippen MR) is 66.0 cm³/mol. The summed E-state index contributed by atoms with van der Waals surface area (Å²) in [6, 6.07) is 9.99. The van der Waals surface area contributed by atoms with E-state index in [1.807, 2.05) is 0 Å². The summed E-state index contributed by atoms with van der Waals surface area (Å²) in [5, 5.41) is 9.71. The third-order valence-electron chi connectivity index (χ3n) is 2.42. The molecule has 0 radical (unpaired) electrons. The molecule has 0 aliphatic rings. The molecule has 0 aliphatic carbocycles. The monoisotopic (exact) mass is 266 g/mol. The van der Waals surface area contributed by atoms with Crippen LogP contribution in [0.3, 0.4) is 0 Å². The lowest BCUT2D eigenvalue weighted by Crippen LogP contribution is -2.18. The summed E-state index contributed by atoms with van der Waals surface area (Å²) in [6.07, 6.45) is 1.44. The SMILES string of the molecule is O=C(O)C(COc1ccc(Cl)cc1)c1ccco1. The van der Waals surface area contributed by atoms with Crippen molar-refractivity contribution in [2.75, 3.05) is 6.61 Å². The fourth-order valence-corrected chi connectivity index (χ4v) is 1.60. The number of aliphatic carboxylic acids is 1. The van der Waals surface area contributed by atoms with Crippen molar-refractivity contribution in [1.29, 1.82) is 0 Å². The summed E-state index contributed by atoms with van der Waals surface area (Å²) in [5.41, 5.74) is 0. The standard InChI is InChI=1S/C13H11ClO4/c14-9-3-5-10(6-4-9)18-8-11(13(15)16)12-2-1-7-17-12/h1-7,11H,8H2,(H,15,16). The third kappa shape index (κ3) is 3.05. The van der Waals surface area contributed by atoms with Crippen molar-refractivity contribution in [2.45, 2.75) is 5.92 Å². The molecular weight excluding hydrogens is 256 g/mol. The van der Waals surface area contributed by atoms with Crippen LogP contribution in [0.4, 0.5) is 0 Å². The Hall–Kier alpha value is -1.94. The molecule has 0 amide bonds. The van der Waals surface area contributed by atoms with Crippen molar-refractivity contribution in [1.82, 2.24) is 0 Å². The number of hydrogen-bond donors (Lipinski definition) is 1. The first kappa shape index (κ1) is 12.5. The van der Waals surface area contributed by atoms with Crippen LogP contribution in [0.15, 0.2) is 47.1 Å². The minimum atomic E-state index is -0.987. The Morgan fingerprint density at radius 3 is 2.61 bits per heavy atom. The molecule has 2 rings (SSSR count). The topological polar surface area (TPSA) is 59.7 Å². The lowest BCUT2D eigenvalue weighted by Gasteiger charge is -2.11. The summed E-state index contributed by atoms with van der Waals surface area (Å²) in [7, 11) is 0. The smallest absolute Gasteiger partial charge is 0.317 e. The van der Waals surface area contributed by atoms with Crippen LogP contribution in [0.5, 0.6) is 5.75 Å². The summed E-state index contributed by atoms with van der Waals surface area (Å²) in [5.74, 6) is -0.872. The highest BCUT2D eigenvalue weighted by molar-refractivity contribution is 6.30. The molecule has 1 unspecified atom stereocenters. The van der Waals surface area contributed by atoms with Crippen molar-refractivity contribution in [2.24, 2.45) is 0 Å². The molecule has 1 heterocycles. The zero-order valence-corrected chi connectivity index (χ0v) is 10.1. The molecule has 0 bridgehead atoms. The number of hydrogen-bond acceptors (Lipinski definition) is 3. The first-order chi connectivity index (χ1) is 8.66. The van der Waals surface area contributed by atoms with Crippen LogP contribution in [0.1, 0.15) is 11.7 Å². The Morgan fingerprint density at radius 1 is 1.33 bits per heavy atom. The number of carbonyl (C=O) groups is 1. The summed E-state index contributed by atoms with van der Waals surface area (Å²) < 4.78 is 10.5. The fraction of sp³-hybridized carbons (Fsp3) is 0.154. The summed E-state index contributed by atoms with van der Waals surface area (Å²) in [4.78, 5) is 11.1. The lowest BCUT2D eigenvalue weighted by molar-refractivity contribution is -0.140. The molecule has 0 saturated heterocycles. The first-order valence-corrected chi connectivity index (χ1v) is 5.69. The van der Waals surface area contributed by atoms with Gasteiger partial charge in [-0.3, -0.25) is 4.79 Å². The molecule has 18 heavy (non-hydrogen) atoms. The molecule has 1 aromatic carbocycles. The Morgan fingerprint density at radius 2 is 2.06 bits per heavy atom. The van der Waals surface area contributed by atoms with Crippen LogP contribution in [0, 0.1) is 0 Å². The zero-order chi connectivity index (χ0) is 13.0. The minimum Gasteiger partial charge on any atom is -0.492 e.